The zero-order valence-corrected chi connectivity index (χ0v) is 11.1. The number of rotatable bonds is 1. The van der Waals surface area contributed by atoms with Crippen LogP contribution in [-0.4, -0.2) is 28.3 Å². The standard InChI is InChI=1S/C12H18N2O4/c1-8-13-9(7-16-8)10-5-6-17-14(10)11(15)18-12(2,3)4/h7,10H,5-6H2,1-4H3/t10-/m0/s1. The lowest BCUT2D eigenvalue weighted by Gasteiger charge is -2.26. The number of nitrogens with zero attached hydrogens (tertiary/aromatic N) is 2. The quantitative estimate of drug-likeness (QED) is 0.770. The summed E-state index contributed by atoms with van der Waals surface area (Å²) in [7, 11) is 0. The normalized spacial score (nSPS) is 20.2. The van der Waals surface area contributed by atoms with E-state index in [4.69, 9.17) is 14.0 Å². The predicted molar refractivity (Wildman–Crippen MR) is 62.6 cm³/mol. The summed E-state index contributed by atoms with van der Waals surface area (Å²) in [6, 6.07) is -0.239. The Morgan fingerprint density at radius 1 is 1.56 bits per heavy atom. The molecular weight excluding hydrogens is 236 g/mol. The zero-order chi connectivity index (χ0) is 13.3. The smallest absolute Gasteiger partial charge is 0.435 e. The Hall–Kier alpha value is -1.56. The van der Waals surface area contributed by atoms with Gasteiger partial charge in [-0.05, 0) is 20.8 Å². The van der Waals surface area contributed by atoms with E-state index < -0.39 is 11.7 Å². The summed E-state index contributed by atoms with van der Waals surface area (Å²) >= 11 is 0. The molecule has 18 heavy (non-hydrogen) atoms. The van der Waals surface area contributed by atoms with E-state index in [1.807, 2.05) is 20.8 Å². The van der Waals surface area contributed by atoms with Crippen LogP contribution in [0.25, 0.3) is 0 Å². The molecule has 0 unspecified atom stereocenters. The van der Waals surface area contributed by atoms with Crippen LogP contribution in [0.15, 0.2) is 10.7 Å². The average molecular weight is 254 g/mol. The summed E-state index contributed by atoms with van der Waals surface area (Å²) in [5.74, 6) is 0.570. The molecule has 1 aliphatic heterocycles. The molecule has 0 aliphatic carbocycles. The molecule has 1 aromatic rings. The van der Waals surface area contributed by atoms with E-state index in [0.29, 0.717) is 24.6 Å². The fourth-order valence-corrected chi connectivity index (χ4v) is 1.76. The number of carbonyl (C=O) groups excluding carboxylic acids is 1. The highest BCUT2D eigenvalue weighted by Gasteiger charge is 2.36. The zero-order valence-electron chi connectivity index (χ0n) is 11.1. The third-order valence-corrected chi connectivity index (χ3v) is 2.46. The largest absolute Gasteiger partial charge is 0.449 e. The molecule has 0 radical (unpaired) electrons. The van der Waals surface area contributed by atoms with Crippen molar-refractivity contribution in [2.24, 2.45) is 0 Å². The molecule has 1 atom stereocenters. The first-order chi connectivity index (χ1) is 8.37. The Morgan fingerprint density at radius 2 is 2.28 bits per heavy atom. The molecule has 6 heteroatoms. The van der Waals surface area contributed by atoms with Crippen LogP contribution in [0.1, 0.15) is 44.8 Å². The summed E-state index contributed by atoms with van der Waals surface area (Å²) in [4.78, 5) is 21.5. The molecule has 100 valence electrons. The highest BCUT2D eigenvalue weighted by atomic mass is 16.7. The number of oxazole rings is 1. The number of hydrogen-bond acceptors (Lipinski definition) is 5. The van der Waals surface area contributed by atoms with Gasteiger partial charge in [-0.1, -0.05) is 0 Å². The number of hydroxylamine groups is 2. The van der Waals surface area contributed by atoms with Crippen molar-refractivity contribution in [1.82, 2.24) is 10.0 Å². The molecule has 2 heterocycles. The first kappa shape index (κ1) is 12.9. The SMILES string of the molecule is Cc1nc([C@@H]2CCON2C(=O)OC(C)(C)C)co1. The van der Waals surface area contributed by atoms with Crippen molar-refractivity contribution in [3.63, 3.8) is 0 Å². The van der Waals surface area contributed by atoms with Gasteiger partial charge in [0, 0.05) is 13.3 Å². The molecular formula is C12H18N2O4. The second-order valence-electron chi connectivity index (χ2n) is 5.24. The Kier molecular flexibility index (Phi) is 3.30. The third-order valence-electron chi connectivity index (χ3n) is 2.46. The molecule has 0 N–H and O–H groups in total. The second kappa shape index (κ2) is 4.61. The van der Waals surface area contributed by atoms with E-state index in [2.05, 4.69) is 4.98 Å². The minimum absolute atomic E-state index is 0.239. The monoisotopic (exact) mass is 254 g/mol. The van der Waals surface area contributed by atoms with E-state index in [-0.39, 0.29) is 6.04 Å². The summed E-state index contributed by atoms with van der Waals surface area (Å²) in [5.41, 5.74) is 0.142. The average Bonchev–Trinajstić information content (AvgIpc) is 2.81. The molecule has 2 rings (SSSR count). The van der Waals surface area contributed by atoms with Crippen molar-refractivity contribution in [1.29, 1.82) is 0 Å². The van der Waals surface area contributed by atoms with E-state index >= 15 is 0 Å². The number of carbonyl (C=O) groups is 1. The highest BCUT2D eigenvalue weighted by molar-refractivity contribution is 5.67. The van der Waals surface area contributed by atoms with Crippen LogP contribution in [0.3, 0.4) is 0 Å². The van der Waals surface area contributed by atoms with E-state index in [9.17, 15) is 4.79 Å². The Morgan fingerprint density at radius 3 is 2.83 bits per heavy atom. The number of hydrogen-bond donors (Lipinski definition) is 0. The molecule has 0 aromatic carbocycles. The predicted octanol–water partition coefficient (Wildman–Crippen LogP) is 2.60. The van der Waals surface area contributed by atoms with Crippen molar-refractivity contribution in [3.8, 4) is 0 Å². The molecule has 0 spiro atoms. The van der Waals surface area contributed by atoms with Crippen LogP contribution >= 0.6 is 0 Å². The lowest BCUT2D eigenvalue weighted by atomic mass is 10.2. The van der Waals surface area contributed by atoms with Crippen molar-refractivity contribution in [2.45, 2.75) is 45.8 Å². The Bertz CT molecular complexity index is 436. The summed E-state index contributed by atoms with van der Waals surface area (Å²) in [6.07, 6.45) is 1.74. The van der Waals surface area contributed by atoms with Crippen LogP contribution in [0.4, 0.5) is 4.79 Å². The maximum Gasteiger partial charge on any atom is 0.435 e. The van der Waals surface area contributed by atoms with E-state index in [1.165, 1.54) is 5.06 Å². The number of ether oxygens (including phenoxy) is 1. The van der Waals surface area contributed by atoms with Crippen molar-refractivity contribution in [3.05, 3.63) is 17.8 Å². The van der Waals surface area contributed by atoms with Crippen molar-refractivity contribution in [2.75, 3.05) is 6.61 Å². The second-order valence-corrected chi connectivity index (χ2v) is 5.24. The minimum atomic E-state index is -0.548. The van der Waals surface area contributed by atoms with Gasteiger partial charge in [0.15, 0.2) is 5.89 Å². The van der Waals surface area contributed by atoms with Gasteiger partial charge in [-0.2, -0.15) is 5.06 Å². The van der Waals surface area contributed by atoms with Gasteiger partial charge in [0.1, 0.15) is 23.6 Å². The van der Waals surface area contributed by atoms with Crippen LogP contribution in [-0.2, 0) is 9.57 Å². The van der Waals surface area contributed by atoms with Crippen LogP contribution in [0.2, 0.25) is 0 Å². The summed E-state index contributed by atoms with van der Waals surface area (Å²) < 4.78 is 10.4. The topological polar surface area (TPSA) is 64.8 Å². The van der Waals surface area contributed by atoms with Crippen molar-refractivity contribution >= 4 is 6.09 Å². The number of amides is 1. The van der Waals surface area contributed by atoms with Gasteiger partial charge in [-0.15, -0.1) is 0 Å². The lowest BCUT2D eigenvalue weighted by molar-refractivity contribution is -0.125. The maximum absolute atomic E-state index is 12.0. The first-order valence-corrected chi connectivity index (χ1v) is 5.94. The van der Waals surface area contributed by atoms with Gasteiger partial charge >= 0.3 is 6.09 Å². The third kappa shape index (κ3) is 2.81. The molecule has 0 bridgehead atoms. The molecule has 0 saturated carbocycles. The van der Waals surface area contributed by atoms with Gasteiger partial charge in [-0.3, -0.25) is 4.84 Å². The summed E-state index contributed by atoms with van der Waals surface area (Å²) in [6.45, 7) is 7.68. The van der Waals surface area contributed by atoms with E-state index in [0.717, 1.165) is 0 Å². The Labute approximate surface area is 106 Å². The molecule has 6 nitrogen and oxygen atoms in total. The van der Waals surface area contributed by atoms with E-state index in [1.54, 1.807) is 13.2 Å². The fraction of sp³-hybridized carbons (Fsp3) is 0.667. The number of aryl methyl sites for hydroxylation is 1. The van der Waals surface area contributed by atoms with Gasteiger partial charge in [-0.25, -0.2) is 9.78 Å². The molecule has 1 aliphatic rings. The maximum atomic E-state index is 12.0. The van der Waals surface area contributed by atoms with Gasteiger partial charge in [0.2, 0.25) is 0 Å². The molecule has 1 saturated heterocycles. The molecule has 1 aromatic heterocycles. The number of aromatic nitrogens is 1. The highest BCUT2D eigenvalue weighted by Crippen LogP contribution is 2.31. The van der Waals surface area contributed by atoms with Crippen LogP contribution in [0, 0.1) is 6.92 Å². The van der Waals surface area contributed by atoms with Crippen molar-refractivity contribution < 1.29 is 18.8 Å². The Balaban J connectivity index is 2.10. The lowest BCUT2D eigenvalue weighted by Crippen LogP contribution is -2.35. The summed E-state index contributed by atoms with van der Waals surface area (Å²) in [5, 5.41) is 1.24. The minimum Gasteiger partial charge on any atom is -0.449 e. The first-order valence-electron chi connectivity index (χ1n) is 5.94. The van der Waals surface area contributed by atoms with Gasteiger partial charge in [0.05, 0.1) is 6.61 Å². The molecule has 1 fully saturated rings. The van der Waals surface area contributed by atoms with Gasteiger partial charge in [0.25, 0.3) is 0 Å². The van der Waals surface area contributed by atoms with Crippen LogP contribution in [0.5, 0.6) is 0 Å². The van der Waals surface area contributed by atoms with Gasteiger partial charge < -0.3 is 9.15 Å². The van der Waals surface area contributed by atoms with Crippen LogP contribution < -0.4 is 0 Å². The fourth-order valence-electron chi connectivity index (χ4n) is 1.76. The molecule has 1 amide bonds.